The van der Waals surface area contributed by atoms with Crippen LogP contribution in [0.2, 0.25) is 0 Å². The van der Waals surface area contributed by atoms with Gasteiger partial charge >= 0.3 is 7.94 Å². The van der Waals surface area contributed by atoms with E-state index in [9.17, 15) is 8.42 Å². The number of benzene rings is 2. The molecule has 0 aliphatic carbocycles. The highest BCUT2D eigenvalue weighted by atomic mass is 32.2. The van der Waals surface area contributed by atoms with Crippen LogP contribution in [0, 0.1) is 6.92 Å². The maximum atomic E-state index is 12.9. The SMILES string of the molecule is Cc1ccc(CNS(=O)(=O)c2ccc3nnn(O[P+](N(C)C)(N(C)C)N(C)C)c3c2)cc1. The van der Waals surface area contributed by atoms with Crippen molar-refractivity contribution in [1.29, 1.82) is 0 Å². The van der Waals surface area contributed by atoms with Gasteiger partial charge in [0.2, 0.25) is 10.0 Å². The molecule has 0 aliphatic heterocycles. The van der Waals surface area contributed by atoms with Crippen LogP contribution in [-0.4, -0.2) is 79.9 Å². The largest absolute Gasteiger partial charge is 0.449 e. The summed E-state index contributed by atoms with van der Waals surface area (Å²) in [6, 6.07) is 12.4. The number of sulfonamides is 1. The van der Waals surface area contributed by atoms with Crippen LogP contribution >= 0.6 is 7.94 Å². The molecule has 0 atom stereocenters. The molecule has 1 aromatic heterocycles. The zero-order valence-corrected chi connectivity index (χ0v) is 21.2. The van der Waals surface area contributed by atoms with E-state index in [4.69, 9.17) is 4.62 Å². The standard InChI is InChI=1S/C20H31N7O3PS/c1-16-8-10-17(11-9-16)15-21-32(28,29)18-12-13-19-20(14-18)27(23-22-19)30-31(24(2)3,25(4)5)26(6)7/h8-14,21H,15H2,1-7H3/q+1. The molecule has 2 aromatic carbocycles. The Bertz CT molecular complexity index is 1160. The Labute approximate surface area is 190 Å². The van der Waals surface area contributed by atoms with E-state index in [1.165, 1.54) is 17.0 Å². The molecule has 10 nitrogen and oxygen atoms in total. The summed E-state index contributed by atoms with van der Waals surface area (Å²) in [4.78, 5) is 1.43. The summed E-state index contributed by atoms with van der Waals surface area (Å²) in [5.74, 6) is 0. The van der Waals surface area contributed by atoms with Crippen LogP contribution in [-0.2, 0) is 16.6 Å². The van der Waals surface area contributed by atoms with Gasteiger partial charge in [-0.15, -0.1) is 19.1 Å². The maximum Gasteiger partial charge on any atom is 0.449 e. The lowest BCUT2D eigenvalue weighted by Crippen LogP contribution is -2.42. The Morgan fingerprint density at radius 2 is 1.56 bits per heavy atom. The molecule has 3 rings (SSSR count). The van der Waals surface area contributed by atoms with Crippen LogP contribution in [0.5, 0.6) is 0 Å². The number of nitrogens with zero attached hydrogens (tertiary/aromatic N) is 6. The molecule has 0 unspecified atom stereocenters. The molecule has 0 fully saturated rings. The van der Waals surface area contributed by atoms with Gasteiger partial charge in [-0.3, -0.25) is 0 Å². The van der Waals surface area contributed by atoms with Gasteiger partial charge in [0.05, 0.1) is 4.90 Å². The van der Waals surface area contributed by atoms with Gasteiger partial charge in [-0.1, -0.05) is 29.8 Å². The number of rotatable bonds is 9. The fraction of sp³-hybridized carbons (Fsp3) is 0.400. The summed E-state index contributed by atoms with van der Waals surface area (Å²) in [6.45, 7) is 2.19. The van der Waals surface area contributed by atoms with Gasteiger partial charge in [0.1, 0.15) is 11.0 Å². The Balaban J connectivity index is 1.93. The Hall–Kier alpha value is -2.14. The summed E-state index contributed by atoms with van der Waals surface area (Å²) >= 11 is 0. The van der Waals surface area contributed by atoms with Crippen molar-refractivity contribution in [3.05, 3.63) is 53.6 Å². The van der Waals surface area contributed by atoms with Gasteiger partial charge in [-0.2, -0.15) is 4.62 Å². The number of aromatic nitrogens is 3. The Morgan fingerprint density at radius 3 is 2.12 bits per heavy atom. The van der Waals surface area contributed by atoms with Gasteiger partial charge in [0, 0.05) is 48.8 Å². The molecular formula is C20H31N7O3PS+. The highest BCUT2D eigenvalue weighted by Gasteiger charge is 2.54. The molecule has 0 saturated carbocycles. The van der Waals surface area contributed by atoms with Crippen molar-refractivity contribution < 1.29 is 13.0 Å². The number of fused-ring (bicyclic) bond motifs is 1. The minimum atomic E-state index is -3.74. The first kappa shape index (κ1) is 24.5. The smallest absolute Gasteiger partial charge is 0.207 e. The van der Waals surface area contributed by atoms with E-state index in [-0.39, 0.29) is 11.4 Å². The third-order valence-corrected chi connectivity index (χ3v) is 9.93. The highest BCUT2D eigenvalue weighted by molar-refractivity contribution is 7.89. The van der Waals surface area contributed by atoms with Crippen molar-refractivity contribution in [2.75, 3.05) is 42.3 Å². The number of hydrogen-bond acceptors (Lipinski definition) is 8. The Morgan fingerprint density at radius 1 is 0.969 bits per heavy atom. The normalized spacial score (nSPS) is 12.9. The number of hydrogen-bond donors (Lipinski definition) is 1. The molecule has 12 heteroatoms. The zero-order chi connectivity index (χ0) is 23.7. The molecule has 174 valence electrons. The van der Waals surface area contributed by atoms with Gasteiger partial charge in [-0.25, -0.2) is 13.1 Å². The highest BCUT2D eigenvalue weighted by Crippen LogP contribution is 2.61. The van der Waals surface area contributed by atoms with E-state index >= 15 is 0 Å². The third kappa shape index (κ3) is 4.78. The molecule has 3 aromatic rings. The van der Waals surface area contributed by atoms with E-state index in [2.05, 4.69) is 15.0 Å². The minimum absolute atomic E-state index is 0.118. The van der Waals surface area contributed by atoms with Crippen LogP contribution in [0.15, 0.2) is 47.4 Å². The fourth-order valence-electron chi connectivity index (χ4n) is 3.47. The fourth-order valence-corrected chi connectivity index (χ4v) is 7.42. The predicted molar refractivity (Wildman–Crippen MR) is 127 cm³/mol. The molecule has 0 bridgehead atoms. The topological polar surface area (TPSA) is 95.8 Å². The van der Waals surface area contributed by atoms with E-state index in [0.717, 1.165) is 11.1 Å². The second-order valence-corrected chi connectivity index (χ2v) is 13.4. The average Bonchev–Trinajstić information content (AvgIpc) is 3.12. The third-order valence-electron chi connectivity index (χ3n) is 5.03. The summed E-state index contributed by atoms with van der Waals surface area (Å²) < 4.78 is 40.9. The zero-order valence-electron chi connectivity index (χ0n) is 19.5. The lowest BCUT2D eigenvalue weighted by atomic mass is 10.2. The van der Waals surface area contributed by atoms with Crippen LogP contribution in [0.4, 0.5) is 0 Å². The lowest BCUT2D eigenvalue weighted by Gasteiger charge is -2.35. The van der Waals surface area contributed by atoms with Crippen molar-refractivity contribution in [2.24, 2.45) is 0 Å². The van der Waals surface area contributed by atoms with Crippen molar-refractivity contribution in [2.45, 2.75) is 18.4 Å². The monoisotopic (exact) mass is 480 g/mol. The van der Waals surface area contributed by atoms with Gasteiger partial charge in [0.25, 0.3) is 0 Å². The predicted octanol–water partition coefficient (Wildman–Crippen LogP) is 2.01. The average molecular weight is 481 g/mol. The molecule has 0 saturated heterocycles. The quantitative estimate of drug-likeness (QED) is 0.465. The number of nitrogens with one attached hydrogen (secondary N) is 1. The van der Waals surface area contributed by atoms with Crippen LogP contribution in [0.3, 0.4) is 0 Å². The van der Waals surface area contributed by atoms with E-state index in [1.807, 2.05) is 87.5 Å². The molecule has 1 N–H and O–H groups in total. The van der Waals surface area contributed by atoms with E-state index in [0.29, 0.717) is 11.0 Å². The van der Waals surface area contributed by atoms with Gasteiger partial charge in [0.15, 0.2) is 0 Å². The Kier molecular flexibility index (Phi) is 7.18. The number of aryl methyl sites for hydroxylation is 1. The second-order valence-electron chi connectivity index (χ2n) is 8.06. The van der Waals surface area contributed by atoms with E-state index < -0.39 is 18.0 Å². The van der Waals surface area contributed by atoms with Crippen LogP contribution in [0.1, 0.15) is 11.1 Å². The van der Waals surface area contributed by atoms with Gasteiger partial charge in [-0.05, 0) is 40.7 Å². The summed E-state index contributed by atoms with van der Waals surface area (Å²) in [6.07, 6.45) is 0. The molecular weight excluding hydrogens is 449 g/mol. The first-order valence-electron chi connectivity index (χ1n) is 10.0. The molecule has 0 spiro atoms. The molecule has 1 heterocycles. The van der Waals surface area contributed by atoms with Crippen molar-refractivity contribution in [3.63, 3.8) is 0 Å². The van der Waals surface area contributed by atoms with Crippen LogP contribution in [0.25, 0.3) is 11.0 Å². The van der Waals surface area contributed by atoms with Crippen molar-refractivity contribution >= 4 is 29.0 Å². The first-order valence-corrected chi connectivity index (χ1v) is 13.1. The van der Waals surface area contributed by atoms with E-state index in [1.54, 1.807) is 6.07 Å². The lowest BCUT2D eigenvalue weighted by molar-refractivity contribution is 0.189. The first-order chi connectivity index (χ1) is 15.0. The van der Waals surface area contributed by atoms with Crippen molar-refractivity contribution in [3.8, 4) is 0 Å². The second kappa shape index (κ2) is 9.38. The summed E-state index contributed by atoms with van der Waals surface area (Å²) in [5.41, 5.74) is 3.01. The molecule has 0 aliphatic rings. The molecule has 32 heavy (non-hydrogen) atoms. The minimum Gasteiger partial charge on any atom is -0.207 e. The summed E-state index contributed by atoms with van der Waals surface area (Å²) in [5, 5.41) is 8.27. The molecule has 0 radical (unpaired) electrons. The molecule has 0 amide bonds. The van der Waals surface area contributed by atoms with Crippen LogP contribution < -0.4 is 9.35 Å². The maximum absolute atomic E-state index is 12.9. The van der Waals surface area contributed by atoms with Crippen molar-refractivity contribution in [1.82, 2.24) is 33.9 Å². The van der Waals surface area contributed by atoms with Gasteiger partial charge < -0.3 is 0 Å². The summed E-state index contributed by atoms with van der Waals surface area (Å²) in [7, 11) is 5.40.